The van der Waals surface area contributed by atoms with Crippen LogP contribution in [0, 0.1) is 18.8 Å². The monoisotopic (exact) mass is 391 g/mol. The summed E-state index contributed by atoms with van der Waals surface area (Å²) in [7, 11) is 0. The number of nitrogens with one attached hydrogen (secondary N) is 1. The zero-order chi connectivity index (χ0) is 20.7. The molecule has 1 aromatic heterocycles. The number of likely N-dealkylation sites (tertiary alicyclic amines) is 1. The van der Waals surface area contributed by atoms with Gasteiger partial charge in [-0.25, -0.2) is 4.79 Å². The minimum atomic E-state index is -0.573. The van der Waals surface area contributed by atoms with Crippen LogP contribution in [0.15, 0.2) is 15.3 Å². The maximum Gasteiger partial charge on any atom is 0.349 e. The first-order valence-electron chi connectivity index (χ1n) is 10.2. The third-order valence-electron chi connectivity index (χ3n) is 5.24. The molecule has 0 bridgehead atoms. The minimum Gasteiger partial charge on any atom is -0.427 e. The lowest BCUT2D eigenvalue weighted by molar-refractivity contribution is -0.123. The zero-order valence-electron chi connectivity index (χ0n) is 17.3. The van der Waals surface area contributed by atoms with Crippen LogP contribution in [0.25, 0.3) is 0 Å². The fourth-order valence-corrected chi connectivity index (χ4v) is 3.58. The van der Waals surface area contributed by atoms with Crippen molar-refractivity contribution in [3.63, 3.8) is 0 Å². The van der Waals surface area contributed by atoms with Crippen molar-refractivity contribution in [2.45, 2.75) is 52.9 Å². The van der Waals surface area contributed by atoms with Gasteiger partial charge in [-0.15, -0.1) is 0 Å². The molecule has 28 heavy (non-hydrogen) atoms. The second-order valence-corrected chi connectivity index (χ2v) is 8.14. The molecule has 0 aliphatic carbocycles. The number of nitrogens with two attached hydrogens (primary N) is 1. The standard InChI is InChI=1S/C21H33N3O4/c1-14(2)7-8-17-12-15(3)18(21(27)28-17)20(26)23-9-5-11-24-10-4-6-16(13-24)19(22)25/h12,14,16H,4-11,13H2,1-3H3,(H2,22,25)(H,23,26). The number of aryl methyl sites for hydroxylation is 2. The number of rotatable bonds is 9. The van der Waals surface area contributed by atoms with Crippen molar-refractivity contribution in [2.75, 3.05) is 26.2 Å². The summed E-state index contributed by atoms with van der Waals surface area (Å²) < 4.78 is 5.33. The van der Waals surface area contributed by atoms with Crippen LogP contribution in [0.4, 0.5) is 0 Å². The third kappa shape index (κ3) is 6.48. The van der Waals surface area contributed by atoms with Gasteiger partial charge in [0, 0.05) is 19.5 Å². The van der Waals surface area contributed by atoms with E-state index in [4.69, 9.17) is 10.2 Å². The number of hydrogen-bond acceptors (Lipinski definition) is 5. The molecule has 7 nitrogen and oxygen atoms in total. The van der Waals surface area contributed by atoms with Gasteiger partial charge in [0.05, 0.1) is 5.92 Å². The van der Waals surface area contributed by atoms with E-state index >= 15 is 0 Å². The number of amides is 2. The molecule has 0 aromatic carbocycles. The molecule has 1 aliphatic heterocycles. The van der Waals surface area contributed by atoms with E-state index in [2.05, 4.69) is 24.1 Å². The van der Waals surface area contributed by atoms with E-state index < -0.39 is 11.5 Å². The summed E-state index contributed by atoms with van der Waals surface area (Å²) in [5, 5.41) is 2.81. The molecule has 7 heteroatoms. The summed E-state index contributed by atoms with van der Waals surface area (Å²) >= 11 is 0. The summed E-state index contributed by atoms with van der Waals surface area (Å²) in [6.45, 7) is 8.87. The lowest BCUT2D eigenvalue weighted by Crippen LogP contribution is -2.42. The maximum atomic E-state index is 12.4. The highest BCUT2D eigenvalue weighted by molar-refractivity contribution is 5.95. The van der Waals surface area contributed by atoms with Crippen LogP contribution in [0.5, 0.6) is 0 Å². The van der Waals surface area contributed by atoms with Gasteiger partial charge >= 0.3 is 5.63 Å². The minimum absolute atomic E-state index is 0.0789. The van der Waals surface area contributed by atoms with Crippen molar-refractivity contribution >= 4 is 11.8 Å². The summed E-state index contributed by atoms with van der Waals surface area (Å²) in [6.07, 6.45) is 4.18. The third-order valence-corrected chi connectivity index (χ3v) is 5.24. The van der Waals surface area contributed by atoms with Crippen LogP contribution in [-0.2, 0) is 11.2 Å². The lowest BCUT2D eigenvalue weighted by atomic mass is 9.97. The number of carbonyl (C=O) groups is 2. The molecule has 1 unspecified atom stereocenters. The number of nitrogens with zero attached hydrogens (tertiary/aromatic N) is 1. The van der Waals surface area contributed by atoms with Gasteiger partial charge in [0.2, 0.25) is 5.91 Å². The average molecular weight is 392 g/mol. The number of piperidine rings is 1. The van der Waals surface area contributed by atoms with Crippen molar-refractivity contribution in [2.24, 2.45) is 17.6 Å². The lowest BCUT2D eigenvalue weighted by Gasteiger charge is -2.31. The fourth-order valence-electron chi connectivity index (χ4n) is 3.58. The first-order chi connectivity index (χ1) is 13.3. The van der Waals surface area contributed by atoms with Gasteiger partial charge in [-0.1, -0.05) is 13.8 Å². The molecular formula is C21H33N3O4. The Labute approximate surface area is 166 Å². The molecule has 1 atom stereocenters. The average Bonchev–Trinajstić information content (AvgIpc) is 2.63. The number of hydrogen-bond donors (Lipinski definition) is 2. The Hall–Kier alpha value is -2.15. The Morgan fingerprint density at radius 2 is 2.14 bits per heavy atom. The molecule has 156 valence electrons. The van der Waals surface area contributed by atoms with E-state index in [0.717, 1.165) is 38.8 Å². The molecule has 1 aliphatic rings. The second kappa shape index (κ2) is 10.4. The summed E-state index contributed by atoms with van der Waals surface area (Å²) in [6, 6.07) is 1.79. The van der Waals surface area contributed by atoms with Crippen LogP contribution in [-0.4, -0.2) is 42.9 Å². The molecule has 0 radical (unpaired) electrons. The largest absolute Gasteiger partial charge is 0.427 e. The topological polar surface area (TPSA) is 106 Å². The van der Waals surface area contributed by atoms with Crippen LogP contribution in [0.1, 0.15) is 61.2 Å². The van der Waals surface area contributed by atoms with Gasteiger partial charge in [0.15, 0.2) is 0 Å². The predicted molar refractivity (Wildman–Crippen MR) is 108 cm³/mol. The van der Waals surface area contributed by atoms with Gasteiger partial charge in [-0.3, -0.25) is 9.59 Å². The SMILES string of the molecule is Cc1cc(CCC(C)C)oc(=O)c1C(=O)NCCCN1CCCC(C(N)=O)C1. The molecule has 1 aromatic rings. The van der Waals surface area contributed by atoms with Crippen molar-refractivity contribution in [3.05, 3.63) is 33.4 Å². The van der Waals surface area contributed by atoms with Crippen LogP contribution in [0.2, 0.25) is 0 Å². The maximum absolute atomic E-state index is 12.4. The van der Waals surface area contributed by atoms with Crippen LogP contribution in [0.3, 0.4) is 0 Å². The Kier molecular flexibility index (Phi) is 8.23. The highest BCUT2D eigenvalue weighted by Gasteiger charge is 2.23. The van der Waals surface area contributed by atoms with E-state index in [9.17, 15) is 14.4 Å². The van der Waals surface area contributed by atoms with Gasteiger partial charge < -0.3 is 20.4 Å². The van der Waals surface area contributed by atoms with Crippen LogP contribution >= 0.6 is 0 Å². The van der Waals surface area contributed by atoms with Crippen molar-refractivity contribution in [1.29, 1.82) is 0 Å². The Morgan fingerprint density at radius 3 is 2.79 bits per heavy atom. The van der Waals surface area contributed by atoms with E-state index in [1.165, 1.54) is 0 Å². The highest BCUT2D eigenvalue weighted by atomic mass is 16.4. The quantitative estimate of drug-likeness (QED) is 0.625. The van der Waals surface area contributed by atoms with Crippen molar-refractivity contribution in [3.8, 4) is 0 Å². The molecule has 2 heterocycles. The van der Waals surface area contributed by atoms with E-state index in [-0.39, 0.29) is 17.4 Å². The molecule has 2 rings (SSSR count). The van der Waals surface area contributed by atoms with E-state index in [0.29, 0.717) is 36.8 Å². The van der Waals surface area contributed by atoms with Gasteiger partial charge in [0.1, 0.15) is 11.3 Å². The second-order valence-electron chi connectivity index (χ2n) is 8.14. The first kappa shape index (κ1) is 22.1. The van der Waals surface area contributed by atoms with E-state index in [1.807, 2.05) is 0 Å². The normalized spacial score (nSPS) is 17.6. The first-order valence-corrected chi connectivity index (χ1v) is 10.2. The number of primary amides is 1. The summed E-state index contributed by atoms with van der Waals surface area (Å²) in [4.78, 5) is 38.2. The molecule has 1 fully saturated rings. The molecule has 0 spiro atoms. The van der Waals surface area contributed by atoms with Gasteiger partial charge in [-0.2, -0.15) is 0 Å². The highest BCUT2D eigenvalue weighted by Crippen LogP contribution is 2.16. The van der Waals surface area contributed by atoms with Crippen molar-refractivity contribution in [1.82, 2.24) is 10.2 Å². The zero-order valence-corrected chi connectivity index (χ0v) is 17.3. The summed E-state index contributed by atoms with van der Waals surface area (Å²) in [5.74, 6) is 0.436. The number of carbonyl (C=O) groups excluding carboxylic acids is 2. The Morgan fingerprint density at radius 1 is 1.39 bits per heavy atom. The van der Waals surface area contributed by atoms with Gasteiger partial charge in [-0.05, 0) is 63.2 Å². The molecule has 3 N–H and O–H groups in total. The Balaban J connectivity index is 1.83. The predicted octanol–water partition coefficient (Wildman–Crippen LogP) is 1.85. The van der Waals surface area contributed by atoms with Gasteiger partial charge in [0.25, 0.3) is 5.91 Å². The fraction of sp³-hybridized carbons (Fsp3) is 0.667. The molecule has 2 amide bonds. The molecule has 1 saturated heterocycles. The Bertz CT molecular complexity index is 742. The molecular weight excluding hydrogens is 358 g/mol. The van der Waals surface area contributed by atoms with E-state index in [1.54, 1.807) is 13.0 Å². The summed E-state index contributed by atoms with van der Waals surface area (Å²) in [5.41, 5.74) is 5.56. The van der Waals surface area contributed by atoms with Crippen molar-refractivity contribution < 1.29 is 14.0 Å². The smallest absolute Gasteiger partial charge is 0.349 e. The van der Waals surface area contributed by atoms with Crippen LogP contribution < -0.4 is 16.7 Å². The molecule has 0 saturated carbocycles.